The van der Waals surface area contributed by atoms with Crippen LogP contribution in [-0.4, -0.2) is 54.3 Å². The van der Waals surface area contributed by atoms with Crippen LogP contribution < -0.4 is 5.73 Å². The largest absolute Gasteiger partial charge is 0.341 e. The lowest BCUT2D eigenvalue weighted by Crippen LogP contribution is -2.37. The summed E-state index contributed by atoms with van der Waals surface area (Å²) in [4.78, 5) is 27.9. The third-order valence-electron chi connectivity index (χ3n) is 3.57. The van der Waals surface area contributed by atoms with Crippen LogP contribution in [0.2, 0.25) is 5.02 Å². The lowest BCUT2D eigenvalue weighted by Gasteiger charge is -2.22. The van der Waals surface area contributed by atoms with Gasteiger partial charge in [0, 0.05) is 49.7 Å². The molecule has 6 heteroatoms. The molecule has 0 bridgehead atoms. The van der Waals surface area contributed by atoms with Gasteiger partial charge < -0.3 is 15.5 Å². The molecular weight excluding hydrogens is 290 g/mol. The summed E-state index contributed by atoms with van der Waals surface area (Å²) in [5.74, 6) is 0.0279. The highest BCUT2D eigenvalue weighted by atomic mass is 35.5. The summed E-state index contributed by atoms with van der Waals surface area (Å²) >= 11 is 5.92. The van der Waals surface area contributed by atoms with Crippen LogP contribution in [-0.2, 0) is 4.79 Å². The standard InChI is InChI=1S/C15H20ClN3O2/c16-13-4-1-3-12(11-13)15(21)19-8-2-7-18(9-10-19)14(20)5-6-17/h1,3-4,11H,2,5-10,17H2. The molecule has 21 heavy (non-hydrogen) atoms. The molecular formula is C15H20ClN3O2. The van der Waals surface area contributed by atoms with Crippen LogP contribution in [0.5, 0.6) is 0 Å². The van der Waals surface area contributed by atoms with Crippen molar-refractivity contribution in [2.75, 3.05) is 32.7 Å². The van der Waals surface area contributed by atoms with E-state index in [2.05, 4.69) is 0 Å². The van der Waals surface area contributed by atoms with E-state index in [0.29, 0.717) is 49.7 Å². The summed E-state index contributed by atoms with van der Waals surface area (Å²) in [6, 6.07) is 6.95. The molecule has 0 atom stereocenters. The molecule has 1 aliphatic heterocycles. The number of halogens is 1. The molecule has 114 valence electrons. The van der Waals surface area contributed by atoms with Gasteiger partial charge in [-0.3, -0.25) is 9.59 Å². The first-order chi connectivity index (χ1) is 10.1. The van der Waals surface area contributed by atoms with Crippen molar-refractivity contribution in [2.24, 2.45) is 5.73 Å². The Bertz CT molecular complexity index is 521. The highest BCUT2D eigenvalue weighted by molar-refractivity contribution is 6.30. The highest BCUT2D eigenvalue weighted by Crippen LogP contribution is 2.14. The Morgan fingerprint density at radius 2 is 1.86 bits per heavy atom. The monoisotopic (exact) mass is 309 g/mol. The summed E-state index contributed by atoms with van der Waals surface area (Å²) in [5, 5.41) is 0.551. The minimum atomic E-state index is -0.0365. The number of carbonyl (C=O) groups is 2. The van der Waals surface area contributed by atoms with Crippen LogP contribution in [0.15, 0.2) is 24.3 Å². The molecule has 0 aromatic heterocycles. The Morgan fingerprint density at radius 1 is 1.14 bits per heavy atom. The predicted octanol–water partition coefficient (Wildman–Crippen LogP) is 1.36. The van der Waals surface area contributed by atoms with E-state index in [1.54, 1.807) is 34.1 Å². The zero-order chi connectivity index (χ0) is 15.2. The second kappa shape index (κ2) is 7.43. The van der Waals surface area contributed by atoms with Crippen molar-refractivity contribution in [3.05, 3.63) is 34.9 Å². The van der Waals surface area contributed by atoms with Crippen molar-refractivity contribution in [1.29, 1.82) is 0 Å². The van der Waals surface area contributed by atoms with E-state index in [1.165, 1.54) is 0 Å². The Hall–Kier alpha value is -1.59. The zero-order valence-corrected chi connectivity index (χ0v) is 12.7. The van der Waals surface area contributed by atoms with Crippen molar-refractivity contribution < 1.29 is 9.59 Å². The van der Waals surface area contributed by atoms with Gasteiger partial charge in [-0.25, -0.2) is 0 Å². The van der Waals surface area contributed by atoms with Crippen LogP contribution in [0, 0.1) is 0 Å². The van der Waals surface area contributed by atoms with Gasteiger partial charge in [0.2, 0.25) is 5.91 Å². The minimum absolute atomic E-state index is 0.0365. The van der Waals surface area contributed by atoms with E-state index >= 15 is 0 Å². The maximum absolute atomic E-state index is 12.5. The van der Waals surface area contributed by atoms with E-state index in [-0.39, 0.29) is 11.8 Å². The number of carbonyl (C=O) groups excluding carboxylic acids is 2. The van der Waals surface area contributed by atoms with Gasteiger partial charge in [0.05, 0.1) is 0 Å². The Balaban J connectivity index is 1.99. The SMILES string of the molecule is NCCC(=O)N1CCCN(C(=O)c2cccc(Cl)c2)CC1. The maximum Gasteiger partial charge on any atom is 0.253 e. The predicted molar refractivity (Wildman–Crippen MR) is 82.2 cm³/mol. The average molecular weight is 310 g/mol. The molecule has 2 rings (SSSR count). The van der Waals surface area contributed by atoms with Gasteiger partial charge in [-0.15, -0.1) is 0 Å². The van der Waals surface area contributed by atoms with Crippen molar-refractivity contribution in [1.82, 2.24) is 9.80 Å². The van der Waals surface area contributed by atoms with Crippen molar-refractivity contribution in [3.8, 4) is 0 Å². The van der Waals surface area contributed by atoms with Crippen LogP contribution >= 0.6 is 11.6 Å². The van der Waals surface area contributed by atoms with E-state index in [4.69, 9.17) is 17.3 Å². The first-order valence-electron chi connectivity index (χ1n) is 7.14. The van der Waals surface area contributed by atoms with Gasteiger partial charge in [0.25, 0.3) is 5.91 Å². The van der Waals surface area contributed by atoms with E-state index in [0.717, 1.165) is 6.42 Å². The molecule has 0 spiro atoms. The first-order valence-corrected chi connectivity index (χ1v) is 7.52. The number of nitrogens with two attached hydrogens (primary N) is 1. The smallest absolute Gasteiger partial charge is 0.253 e. The summed E-state index contributed by atoms with van der Waals surface area (Å²) in [7, 11) is 0. The second-order valence-electron chi connectivity index (χ2n) is 5.08. The topological polar surface area (TPSA) is 66.6 Å². The molecule has 5 nitrogen and oxygen atoms in total. The van der Waals surface area contributed by atoms with E-state index < -0.39 is 0 Å². The fraction of sp³-hybridized carbons (Fsp3) is 0.467. The molecule has 2 amide bonds. The van der Waals surface area contributed by atoms with Crippen molar-refractivity contribution >= 4 is 23.4 Å². The van der Waals surface area contributed by atoms with Gasteiger partial charge in [-0.2, -0.15) is 0 Å². The number of hydrogen-bond donors (Lipinski definition) is 1. The molecule has 0 unspecified atom stereocenters. The Labute approximate surface area is 129 Å². The molecule has 0 saturated carbocycles. The molecule has 0 aliphatic carbocycles. The molecule has 1 heterocycles. The van der Waals surface area contributed by atoms with Gasteiger partial charge in [-0.05, 0) is 24.6 Å². The number of rotatable bonds is 3. The molecule has 1 saturated heterocycles. The fourth-order valence-electron chi connectivity index (χ4n) is 2.46. The normalized spacial score (nSPS) is 15.7. The average Bonchev–Trinajstić information content (AvgIpc) is 2.72. The van der Waals surface area contributed by atoms with Crippen LogP contribution in [0.4, 0.5) is 0 Å². The van der Waals surface area contributed by atoms with E-state index in [1.807, 2.05) is 0 Å². The number of hydrogen-bond acceptors (Lipinski definition) is 3. The third-order valence-corrected chi connectivity index (χ3v) is 3.80. The fourth-order valence-corrected chi connectivity index (χ4v) is 2.65. The van der Waals surface area contributed by atoms with Gasteiger partial charge in [0.1, 0.15) is 0 Å². The zero-order valence-electron chi connectivity index (χ0n) is 11.9. The minimum Gasteiger partial charge on any atom is -0.341 e. The summed E-state index contributed by atoms with van der Waals surface area (Å²) in [6.07, 6.45) is 1.14. The number of amides is 2. The lowest BCUT2D eigenvalue weighted by molar-refractivity contribution is -0.130. The van der Waals surface area contributed by atoms with Crippen LogP contribution in [0.1, 0.15) is 23.2 Å². The van der Waals surface area contributed by atoms with Gasteiger partial charge in [0.15, 0.2) is 0 Å². The number of benzene rings is 1. The quantitative estimate of drug-likeness (QED) is 0.917. The molecule has 1 fully saturated rings. The van der Waals surface area contributed by atoms with Crippen molar-refractivity contribution in [3.63, 3.8) is 0 Å². The van der Waals surface area contributed by atoms with Gasteiger partial charge in [-0.1, -0.05) is 17.7 Å². The van der Waals surface area contributed by atoms with Crippen LogP contribution in [0.25, 0.3) is 0 Å². The molecule has 1 aliphatic rings. The van der Waals surface area contributed by atoms with Gasteiger partial charge >= 0.3 is 0 Å². The number of nitrogens with zero attached hydrogens (tertiary/aromatic N) is 2. The van der Waals surface area contributed by atoms with E-state index in [9.17, 15) is 9.59 Å². The maximum atomic E-state index is 12.5. The lowest BCUT2D eigenvalue weighted by atomic mass is 10.2. The third kappa shape index (κ3) is 4.19. The van der Waals surface area contributed by atoms with Crippen molar-refractivity contribution in [2.45, 2.75) is 12.8 Å². The summed E-state index contributed by atoms with van der Waals surface area (Å²) < 4.78 is 0. The Kier molecular flexibility index (Phi) is 5.59. The molecule has 1 aromatic rings. The summed E-state index contributed by atoms with van der Waals surface area (Å²) in [6.45, 7) is 2.79. The molecule has 1 aromatic carbocycles. The Morgan fingerprint density at radius 3 is 2.57 bits per heavy atom. The second-order valence-corrected chi connectivity index (χ2v) is 5.51. The highest BCUT2D eigenvalue weighted by Gasteiger charge is 2.22. The molecule has 0 radical (unpaired) electrons. The van der Waals surface area contributed by atoms with Crippen LogP contribution in [0.3, 0.4) is 0 Å². The first kappa shape index (κ1) is 15.8. The summed E-state index contributed by atoms with van der Waals surface area (Å²) in [5.41, 5.74) is 6.00. The molecule has 2 N–H and O–H groups in total.